The van der Waals surface area contributed by atoms with Crippen molar-refractivity contribution in [2.24, 2.45) is 0 Å². The smallest absolute Gasteiger partial charge is 0.122 e. The van der Waals surface area contributed by atoms with Gasteiger partial charge in [0.1, 0.15) is 5.75 Å². The Balaban J connectivity index is 0.00000196. The van der Waals surface area contributed by atoms with Crippen molar-refractivity contribution in [2.45, 2.75) is 12.8 Å². The summed E-state index contributed by atoms with van der Waals surface area (Å²) in [6, 6.07) is 6.05. The second-order valence-corrected chi connectivity index (χ2v) is 3.97. The van der Waals surface area contributed by atoms with Gasteiger partial charge in [0.25, 0.3) is 0 Å². The average Bonchev–Trinajstić information content (AvgIpc) is 2.19. The summed E-state index contributed by atoms with van der Waals surface area (Å²) in [6.45, 7) is 0.787. The van der Waals surface area contributed by atoms with Crippen LogP contribution in [0.5, 0.6) is 5.75 Å². The third-order valence-corrected chi connectivity index (χ3v) is 2.53. The van der Waals surface area contributed by atoms with Crippen molar-refractivity contribution >= 4 is 15.9 Å². The zero-order chi connectivity index (χ0) is 10.4. The van der Waals surface area contributed by atoms with E-state index < -0.39 is 0 Å². The predicted molar refractivity (Wildman–Crippen MR) is 60.9 cm³/mol. The molecule has 15 heavy (non-hydrogen) atoms. The zero-order valence-corrected chi connectivity index (χ0v) is 13.8. The van der Waals surface area contributed by atoms with Crippen LogP contribution in [-0.4, -0.2) is 20.8 Å². The Bertz CT molecular complexity index is 292. The largest absolute Gasteiger partial charge is 0.496 e. The van der Waals surface area contributed by atoms with Crippen molar-refractivity contribution in [3.63, 3.8) is 0 Å². The van der Waals surface area contributed by atoms with E-state index in [1.54, 1.807) is 14.2 Å². The maximum Gasteiger partial charge on any atom is 0.122 e. The Morgan fingerprint density at radius 2 is 2.00 bits per heavy atom. The van der Waals surface area contributed by atoms with Crippen LogP contribution in [0.2, 0.25) is 0 Å². The molecule has 0 aliphatic rings. The van der Waals surface area contributed by atoms with Crippen molar-refractivity contribution in [3.05, 3.63) is 28.2 Å². The van der Waals surface area contributed by atoms with Crippen LogP contribution in [0.1, 0.15) is 12.0 Å². The SMILES string of the molecule is COCCCc1cc(Br)ccc1OC.[Zn]. The first-order valence-corrected chi connectivity index (χ1v) is 5.38. The molecular weight excluding hydrogens is 309 g/mol. The van der Waals surface area contributed by atoms with Crippen LogP contribution in [0, 0.1) is 0 Å². The van der Waals surface area contributed by atoms with Crippen LogP contribution in [0.25, 0.3) is 0 Å². The van der Waals surface area contributed by atoms with Gasteiger partial charge in [-0.05, 0) is 36.6 Å². The molecule has 0 N–H and O–H groups in total. The zero-order valence-electron chi connectivity index (χ0n) is 9.25. The van der Waals surface area contributed by atoms with Gasteiger partial charge in [-0.1, -0.05) is 15.9 Å². The Labute approximate surface area is 112 Å². The summed E-state index contributed by atoms with van der Waals surface area (Å²) in [5.41, 5.74) is 1.22. The van der Waals surface area contributed by atoms with Crippen molar-refractivity contribution in [2.75, 3.05) is 20.8 Å². The first-order chi connectivity index (χ1) is 6.77. The van der Waals surface area contributed by atoms with Crippen LogP contribution >= 0.6 is 15.9 Å². The summed E-state index contributed by atoms with van der Waals surface area (Å²) in [6.07, 6.45) is 2.00. The second-order valence-electron chi connectivity index (χ2n) is 3.05. The molecule has 0 spiro atoms. The molecule has 1 aromatic carbocycles. The molecule has 2 nitrogen and oxygen atoms in total. The van der Waals surface area contributed by atoms with Gasteiger partial charge in [-0.25, -0.2) is 0 Å². The first-order valence-electron chi connectivity index (χ1n) is 4.59. The number of aryl methyl sites for hydroxylation is 1. The fraction of sp³-hybridized carbons (Fsp3) is 0.455. The van der Waals surface area contributed by atoms with Crippen molar-refractivity contribution in [1.29, 1.82) is 0 Å². The maximum absolute atomic E-state index is 5.27. The fourth-order valence-corrected chi connectivity index (χ4v) is 1.76. The molecular formula is C11H15BrO2Zn. The molecule has 0 saturated carbocycles. The fourth-order valence-electron chi connectivity index (χ4n) is 1.35. The van der Waals surface area contributed by atoms with Crippen molar-refractivity contribution < 1.29 is 29.0 Å². The summed E-state index contributed by atoms with van der Waals surface area (Å²) in [5, 5.41) is 0. The minimum absolute atomic E-state index is 0. The number of hydrogen-bond acceptors (Lipinski definition) is 2. The summed E-state index contributed by atoms with van der Waals surface area (Å²) in [7, 11) is 3.42. The van der Waals surface area contributed by atoms with Gasteiger partial charge in [-0.3, -0.25) is 0 Å². The molecule has 0 fully saturated rings. The standard InChI is InChI=1S/C11H15BrO2.Zn/c1-13-7-3-4-9-8-10(12)5-6-11(9)14-2;/h5-6,8H,3-4,7H2,1-2H3;. The quantitative estimate of drug-likeness (QED) is 0.612. The number of hydrogen-bond donors (Lipinski definition) is 0. The molecule has 0 aromatic heterocycles. The van der Waals surface area contributed by atoms with Gasteiger partial charge in [-0.2, -0.15) is 0 Å². The maximum atomic E-state index is 5.27. The van der Waals surface area contributed by atoms with Gasteiger partial charge < -0.3 is 9.47 Å². The van der Waals surface area contributed by atoms with E-state index in [0.29, 0.717) is 0 Å². The number of benzene rings is 1. The molecule has 0 atom stereocenters. The minimum Gasteiger partial charge on any atom is -0.496 e. The number of rotatable bonds is 5. The minimum atomic E-state index is 0. The predicted octanol–water partition coefficient (Wildman–Crippen LogP) is 3.03. The van der Waals surface area contributed by atoms with E-state index >= 15 is 0 Å². The van der Waals surface area contributed by atoms with Gasteiger partial charge >= 0.3 is 0 Å². The number of halogens is 1. The molecule has 0 unspecified atom stereocenters. The Hall–Kier alpha value is 0.0834. The van der Waals surface area contributed by atoms with E-state index in [4.69, 9.17) is 9.47 Å². The molecule has 0 aliphatic heterocycles. The Kier molecular flexibility index (Phi) is 8.31. The van der Waals surface area contributed by atoms with E-state index in [1.807, 2.05) is 12.1 Å². The first kappa shape index (κ1) is 15.1. The van der Waals surface area contributed by atoms with Gasteiger partial charge in [0.05, 0.1) is 7.11 Å². The average molecular weight is 325 g/mol. The monoisotopic (exact) mass is 322 g/mol. The molecule has 0 aliphatic carbocycles. The van der Waals surface area contributed by atoms with E-state index in [1.165, 1.54) is 5.56 Å². The summed E-state index contributed by atoms with van der Waals surface area (Å²) in [4.78, 5) is 0. The van der Waals surface area contributed by atoms with Gasteiger partial charge in [-0.15, -0.1) is 0 Å². The third-order valence-electron chi connectivity index (χ3n) is 2.04. The summed E-state index contributed by atoms with van der Waals surface area (Å²) in [5.74, 6) is 0.948. The molecule has 0 amide bonds. The van der Waals surface area contributed by atoms with Gasteiger partial charge in [0, 0.05) is 37.7 Å². The van der Waals surface area contributed by atoms with E-state index in [-0.39, 0.29) is 19.5 Å². The second kappa shape index (κ2) is 8.26. The van der Waals surface area contributed by atoms with Gasteiger partial charge in [0.15, 0.2) is 0 Å². The van der Waals surface area contributed by atoms with Crippen molar-refractivity contribution in [1.82, 2.24) is 0 Å². The van der Waals surface area contributed by atoms with E-state index in [0.717, 1.165) is 29.7 Å². The van der Waals surface area contributed by atoms with Crippen LogP contribution < -0.4 is 4.74 Å². The molecule has 1 aromatic rings. The summed E-state index contributed by atoms with van der Waals surface area (Å²) >= 11 is 3.45. The molecule has 0 bridgehead atoms. The van der Waals surface area contributed by atoms with Gasteiger partial charge in [0.2, 0.25) is 0 Å². The Morgan fingerprint density at radius 3 is 2.60 bits per heavy atom. The summed E-state index contributed by atoms with van der Waals surface area (Å²) < 4.78 is 11.4. The van der Waals surface area contributed by atoms with E-state index in [9.17, 15) is 0 Å². The van der Waals surface area contributed by atoms with Crippen LogP contribution in [-0.2, 0) is 30.6 Å². The molecule has 80 valence electrons. The van der Waals surface area contributed by atoms with Crippen molar-refractivity contribution in [3.8, 4) is 5.75 Å². The normalized spacial score (nSPS) is 9.53. The molecule has 4 heteroatoms. The molecule has 0 radical (unpaired) electrons. The third kappa shape index (κ3) is 5.10. The van der Waals surface area contributed by atoms with Crippen LogP contribution in [0.3, 0.4) is 0 Å². The molecule has 0 saturated heterocycles. The van der Waals surface area contributed by atoms with Crippen LogP contribution in [0.4, 0.5) is 0 Å². The molecule has 1 rings (SSSR count). The van der Waals surface area contributed by atoms with Crippen LogP contribution in [0.15, 0.2) is 22.7 Å². The Morgan fingerprint density at radius 1 is 1.27 bits per heavy atom. The van der Waals surface area contributed by atoms with E-state index in [2.05, 4.69) is 22.0 Å². The number of ether oxygens (including phenoxy) is 2. The molecule has 0 heterocycles. The topological polar surface area (TPSA) is 18.5 Å². The number of methoxy groups -OCH3 is 2.